The second-order valence-electron chi connectivity index (χ2n) is 7.39. The highest BCUT2D eigenvalue weighted by Crippen LogP contribution is 2.43. The highest BCUT2D eigenvalue weighted by molar-refractivity contribution is 7.95. The van der Waals surface area contributed by atoms with Crippen molar-refractivity contribution in [2.45, 2.75) is 19.6 Å². The minimum Gasteiger partial charge on any atom is -0.517 e. The third-order valence-electron chi connectivity index (χ3n) is 4.20. The Labute approximate surface area is 162 Å². The van der Waals surface area contributed by atoms with Crippen molar-refractivity contribution in [2.24, 2.45) is 0 Å². The average molecular weight is 393 g/mol. The molecule has 0 aliphatic heterocycles. The molecule has 0 unspecified atom stereocenters. The van der Waals surface area contributed by atoms with Crippen molar-refractivity contribution in [3.8, 4) is 0 Å². The maximum Gasteiger partial charge on any atom is 0.318 e. The summed E-state index contributed by atoms with van der Waals surface area (Å²) < 4.78 is 5.83. The standard InChI is InChI=1S/C23H25O2PSi/c1-27(2,3)25-23(24)19-26(20-13-7-4-8-14-20,21-15-9-5-10-16-21)22-17-11-6-12-18-22/h4-19H,1-3H3. The van der Waals surface area contributed by atoms with E-state index in [1.54, 1.807) is 0 Å². The lowest BCUT2D eigenvalue weighted by Crippen LogP contribution is -2.33. The van der Waals surface area contributed by atoms with Gasteiger partial charge in [0, 0.05) is 5.80 Å². The Morgan fingerprint density at radius 3 is 1.33 bits per heavy atom. The van der Waals surface area contributed by atoms with Crippen molar-refractivity contribution in [1.29, 1.82) is 0 Å². The zero-order valence-corrected chi connectivity index (χ0v) is 17.9. The first kappa shape index (κ1) is 19.4. The number of carbonyl (C=O) groups is 1. The van der Waals surface area contributed by atoms with Crippen molar-refractivity contribution in [2.75, 3.05) is 0 Å². The van der Waals surface area contributed by atoms with E-state index in [1.165, 1.54) is 0 Å². The van der Waals surface area contributed by atoms with Crippen LogP contribution in [0.2, 0.25) is 19.6 Å². The molecular weight excluding hydrogens is 367 g/mol. The lowest BCUT2D eigenvalue weighted by molar-refractivity contribution is -0.126. The Kier molecular flexibility index (Phi) is 5.84. The highest BCUT2D eigenvalue weighted by atomic mass is 31.2. The van der Waals surface area contributed by atoms with Gasteiger partial charge >= 0.3 is 5.97 Å². The molecule has 138 valence electrons. The van der Waals surface area contributed by atoms with E-state index in [0.717, 1.165) is 15.9 Å². The average Bonchev–Trinajstić information content (AvgIpc) is 2.67. The zero-order chi connectivity index (χ0) is 19.3. The number of hydrogen-bond acceptors (Lipinski definition) is 2. The summed E-state index contributed by atoms with van der Waals surface area (Å²) in [7, 11) is -1.99. The van der Waals surface area contributed by atoms with Gasteiger partial charge in [-0.05, 0) is 42.4 Å². The molecule has 4 heteroatoms. The molecule has 3 rings (SSSR count). The Morgan fingerprint density at radius 1 is 0.704 bits per heavy atom. The molecule has 0 saturated carbocycles. The van der Waals surface area contributed by atoms with Gasteiger partial charge in [-0.25, -0.2) is 4.79 Å². The third-order valence-corrected chi connectivity index (χ3v) is 8.95. The fourth-order valence-corrected chi connectivity index (χ4v) is 7.55. The van der Waals surface area contributed by atoms with Crippen LogP contribution in [0.3, 0.4) is 0 Å². The predicted octanol–water partition coefficient (Wildman–Crippen LogP) is 4.16. The van der Waals surface area contributed by atoms with Crippen LogP contribution in [-0.2, 0) is 9.22 Å². The second kappa shape index (κ2) is 8.12. The Bertz CT molecular complexity index is 843. The molecule has 0 amide bonds. The van der Waals surface area contributed by atoms with Gasteiger partial charge in [-0.1, -0.05) is 91.0 Å². The van der Waals surface area contributed by atoms with E-state index in [2.05, 4.69) is 36.4 Å². The molecule has 0 radical (unpaired) electrons. The normalized spacial score (nSPS) is 11.7. The lowest BCUT2D eigenvalue weighted by Gasteiger charge is -2.29. The van der Waals surface area contributed by atoms with Crippen LogP contribution in [-0.4, -0.2) is 20.1 Å². The van der Waals surface area contributed by atoms with Gasteiger partial charge in [0.25, 0.3) is 0 Å². The van der Waals surface area contributed by atoms with Crippen LogP contribution in [0.5, 0.6) is 0 Å². The van der Waals surface area contributed by atoms with Gasteiger partial charge < -0.3 is 4.43 Å². The van der Waals surface area contributed by atoms with Gasteiger partial charge in [-0.2, -0.15) is 0 Å². The monoisotopic (exact) mass is 392 g/mol. The van der Waals surface area contributed by atoms with Crippen molar-refractivity contribution >= 4 is 42.9 Å². The quantitative estimate of drug-likeness (QED) is 0.481. The summed E-state index contributed by atoms with van der Waals surface area (Å²) >= 11 is 0. The molecule has 0 spiro atoms. The number of hydrogen-bond donors (Lipinski definition) is 0. The first-order valence-electron chi connectivity index (χ1n) is 9.06. The zero-order valence-electron chi connectivity index (χ0n) is 16.0. The minimum absolute atomic E-state index is 0.223. The molecule has 0 bridgehead atoms. The molecular formula is C23H25O2PSi. The Hall–Kier alpha value is -2.35. The van der Waals surface area contributed by atoms with Gasteiger partial charge in [0.2, 0.25) is 8.32 Å². The van der Waals surface area contributed by atoms with Crippen molar-refractivity contribution in [3.63, 3.8) is 0 Å². The van der Waals surface area contributed by atoms with Crippen LogP contribution in [0.1, 0.15) is 0 Å². The van der Waals surface area contributed by atoms with E-state index in [-0.39, 0.29) is 5.97 Å². The molecule has 2 nitrogen and oxygen atoms in total. The van der Waals surface area contributed by atoms with Gasteiger partial charge in [0.1, 0.15) is 0 Å². The van der Waals surface area contributed by atoms with Crippen LogP contribution in [0.4, 0.5) is 0 Å². The highest BCUT2D eigenvalue weighted by Gasteiger charge is 2.28. The van der Waals surface area contributed by atoms with E-state index in [0.29, 0.717) is 0 Å². The third kappa shape index (κ3) is 4.50. The topological polar surface area (TPSA) is 26.3 Å². The van der Waals surface area contributed by atoms with Crippen LogP contribution in [0, 0.1) is 0 Å². The van der Waals surface area contributed by atoms with Crippen LogP contribution in [0.15, 0.2) is 91.0 Å². The van der Waals surface area contributed by atoms with Gasteiger partial charge in [0.05, 0.1) is 0 Å². The minimum atomic E-state index is -2.27. The van der Waals surface area contributed by atoms with Crippen molar-refractivity contribution in [3.05, 3.63) is 91.0 Å². The van der Waals surface area contributed by atoms with E-state index in [4.69, 9.17) is 4.43 Å². The molecule has 3 aromatic carbocycles. The number of rotatable bonds is 5. The number of carbonyl (C=O) groups excluding carboxylic acids is 1. The predicted molar refractivity (Wildman–Crippen MR) is 121 cm³/mol. The summed E-state index contributed by atoms with van der Waals surface area (Å²) in [5, 5.41) is 3.44. The SMILES string of the molecule is C[Si](C)(C)OC(=O)C=P(c1ccccc1)(c1ccccc1)c1ccccc1. The molecule has 3 aromatic rings. The Balaban J connectivity index is 2.35. The molecule has 0 atom stereocenters. The van der Waals surface area contributed by atoms with Gasteiger partial charge in [-0.15, -0.1) is 0 Å². The van der Waals surface area contributed by atoms with Gasteiger partial charge in [0.15, 0.2) is 0 Å². The molecule has 0 aromatic heterocycles. The lowest BCUT2D eigenvalue weighted by atomic mass is 10.4. The van der Waals surface area contributed by atoms with E-state index in [1.807, 2.05) is 80.0 Å². The molecule has 0 N–H and O–H groups in total. The number of benzene rings is 3. The largest absolute Gasteiger partial charge is 0.517 e. The maximum absolute atomic E-state index is 13.0. The van der Waals surface area contributed by atoms with Gasteiger partial charge in [-0.3, -0.25) is 0 Å². The van der Waals surface area contributed by atoms with E-state index in [9.17, 15) is 4.79 Å². The van der Waals surface area contributed by atoms with Crippen LogP contribution >= 0.6 is 6.89 Å². The van der Waals surface area contributed by atoms with Crippen LogP contribution in [0.25, 0.3) is 0 Å². The first-order chi connectivity index (χ1) is 12.9. The smallest absolute Gasteiger partial charge is 0.318 e. The summed E-state index contributed by atoms with van der Waals surface area (Å²) in [4.78, 5) is 13.0. The summed E-state index contributed by atoms with van der Waals surface area (Å²) in [5.41, 5.74) is 0. The summed E-state index contributed by atoms with van der Waals surface area (Å²) in [6.45, 7) is 3.83. The molecule has 0 aliphatic carbocycles. The summed E-state index contributed by atoms with van der Waals surface area (Å²) in [6, 6.07) is 30.9. The van der Waals surface area contributed by atoms with E-state index < -0.39 is 15.2 Å². The fraction of sp³-hybridized carbons (Fsp3) is 0.130. The molecule has 0 aliphatic rings. The fourth-order valence-electron chi connectivity index (χ4n) is 3.15. The first-order valence-corrected chi connectivity index (χ1v) is 14.3. The van der Waals surface area contributed by atoms with Crippen molar-refractivity contribution < 1.29 is 9.22 Å². The van der Waals surface area contributed by atoms with E-state index >= 15 is 0 Å². The molecule has 0 saturated heterocycles. The Morgan fingerprint density at radius 2 is 1.04 bits per heavy atom. The molecule has 0 heterocycles. The summed E-state index contributed by atoms with van der Waals surface area (Å²) in [6.07, 6.45) is 0. The van der Waals surface area contributed by atoms with Crippen molar-refractivity contribution in [1.82, 2.24) is 0 Å². The second-order valence-corrected chi connectivity index (χ2v) is 15.1. The maximum atomic E-state index is 13.0. The van der Waals surface area contributed by atoms with Crippen LogP contribution < -0.4 is 15.9 Å². The summed E-state index contributed by atoms with van der Waals surface area (Å²) in [5.74, 6) is 1.63. The molecule has 27 heavy (non-hydrogen) atoms. The molecule has 0 fully saturated rings.